The third-order valence-corrected chi connectivity index (χ3v) is 3.77. The number of benzene rings is 1. The predicted octanol–water partition coefficient (Wildman–Crippen LogP) is 1.05. The van der Waals surface area contributed by atoms with Gasteiger partial charge in [0.25, 0.3) is 0 Å². The fourth-order valence-electron chi connectivity index (χ4n) is 2.48. The highest BCUT2D eigenvalue weighted by atomic mass is 16.5. The lowest BCUT2D eigenvalue weighted by Crippen LogP contribution is -2.38. The second kappa shape index (κ2) is 10.8. The Morgan fingerprint density at radius 1 is 1.17 bits per heavy atom. The molecular weight excluding hydrogens is 308 g/mol. The zero-order chi connectivity index (χ0) is 17.0. The van der Waals surface area contributed by atoms with E-state index in [9.17, 15) is 9.59 Å². The number of amides is 2. The Hall–Kier alpha value is -1.92. The minimum Gasteiger partial charge on any atom is -0.379 e. The molecule has 0 aliphatic carbocycles. The van der Waals surface area contributed by atoms with Crippen molar-refractivity contribution in [1.82, 2.24) is 10.6 Å². The Balaban J connectivity index is 1.45. The van der Waals surface area contributed by atoms with E-state index in [1.807, 2.05) is 30.3 Å². The fraction of sp³-hybridized carbons (Fsp3) is 0.556. The first-order chi connectivity index (χ1) is 11.7. The minimum absolute atomic E-state index is 0.00242. The molecule has 1 aliphatic rings. The molecule has 1 unspecified atom stereocenters. The summed E-state index contributed by atoms with van der Waals surface area (Å²) in [6, 6.07) is 9.44. The van der Waals surface area contributed by atoms with E-state index in [1.54, 1.807) is 0 Å². The number of nitrogens with one attached hydrogen (secondary N) is 2. The molecular formula is C18H26N2O4. The molecule has 1 atom stereocenters. The zero-order valence-electron chi connectivity index (χ0n) is 14.0. The highest BCUT2D eigenvalue weighted by Gasteiger charge is 2.14. The smallest absolute Gasteiger partial charge is 0.239 e. The highest BCUT2D eigenvalue weighted by molar-refractivity contribution is 5.85. The summed E-state index contributed by atoms with van der Waals surface area (Å²) in [5.41, 5.74) is 0.929. The second-order valence-electron chi connectivity index (χ2n) is 5.85. The van der Waals surface area contributed by atoms with E-state index in [0.717, 1.165) is 31.4 Å². The number of hydrogen-bond donors (Lipinski definition) is 2. The van der Waals surface area contributed by atoms with Crippen molar-refractivity contribution in [2.75, 3.05) is 32.9 Å². The van der Waals surface area contributed by atoms with Crippen molar-refractivity contribution in [3.63, 3.8) is 0 Å². The lowest BCUT2D eigenvalue weighted by Gasteiger charge is -2.10. The van der Waals surface area contributed by atoms with Gasteiger partial charge in [-0.25, -0.2) is 0 Å². The quantitative estimate of drug-likeness (QED) is 0.627. The fourth-order valence-corrected chi connectivity index (χ4v) is 2.48. The van der Waals surface area contributed by atoms with Crippen LogP contribution >= 0.6 is 0 Å². The highest BCUT2D eigenvalue weighted by Crippen LogP contribution is 2.11. The first-order valence-corrected chi connectivity index (χ1v) is 8.50. The van der Waals surface area contributed by atoms with Crippen molar-refractivity contribution in [3.8, 4) is 0 Å². The first-order valence-electron chi connectivity index (χ1n) is 8.50. The van der Waals surface area contributed by atoms with E-state index in [0.29, 0.717) is 19.8 Å². The van der Waals surface area contributed by atoms with Crippen LogP contribution in [0.5, 0.6) is 0 Å². The summed E-state index contributed by atoms with van der Waals surface area (Å²) in [4.78, 5) is 23.4. The van der Waals surface area contributed by atoms with E-state index < -0.39 is 0 Å². The molecule has 0 aromatic heterocycles. The topological polar surface area (TPSA) is 76.7 Å². The van der Waals surface area contributed by atoms with Gasteiger partial charge >= 0.3 is 0 Å². The van der Waals surface area contributed by atoms with Crippen molar-refractivity contribution in [2.45, 2.75) is 31.8 Å². The molecule has 0 bridgehead atoms. The summed E-state index contributed by atoms with van der Waals surface area (Å²) in [5.74, 6) is -0.341. The zero-order valence-corrected chi connectivity index (χ0v) is 14.0. The van der Waals surface area contributed by atoms with Gasteiger partial charge in [-0.1, -0.05) is 30.3 Å². The molecule has 1 aliphatic heterocycles. The van der Waals surface area contributed by atoms with Crippen LogP contribution in [0.1, 0.15) is 24.8 Å². The molecule has 0 radical (unpaired) electrons. The normalized spacial score (nSPS) is 16.8. The van der Waals surface area contributed by atoms with Crippen molar-refractivity contribution >= 4 is 11.8 Å². The average Bonchev–Trinajstić information content (AvgIpc) is 3.10. The maximum atomic E-state index is 11.7. The maximum Gasteiger partial charge on any atom is 0.239 e. The molecule has 1 aromatic rings. The lowest BCUT2D eigenvalue weighted by molar-refractivity contribution is -0.125. The van der Waals surface area contributed by atoms with E-state index in [2.05, 4.69) is 10.6 Å². The standard InChI is InChI=1S/C18H26N2O4/c21-17(12-15-6-2-1-3-7-15)20-13-18(22)19-9-5-10-23-14-16-8-4-11-24-16/h1-3,6-7,16H,4-5,8-14H2,(H,19,22)(H,20,21). The van der Waals surface area contributed by atoms with Gasteiger partial charge < -0.3 is 20.1 Å². The Morgan fingerprint density at radius 3 is 2.75 bits per heavy atom. The van der Waals surface area contributed by atoms with Crippen LogP contribution in [0.25, 0.3) is 0 Å². The van der Waals surface area contributed by atoms with E-state index in [-0.39, 0.29) is 30.9 Å². The van der Waals surface area contributed by atoms with Crippen molar-refractivity contribution in [2.24, 2.45) is 0 Å². The van der Waals surface area contributed by atoms with Crippen LogP contribution in [-0.2, 0) is 25.5 Å². The van der Waals surface area contributed by atoms with Gasteiger partial charge in [0.15, 0.2) is 0 Å². The van der Waals surface area contributed by atoms with Gasteiger partial charge in [0.1, 0.15) is 0 Å². The summed E-state index contributed by atoms with van der Waals surface area (Å²) in [6.45, 7) is 2.60. The summed E-state index contributed by atoms with van der Waals surface area (Å²) in [6.07, 6.45) is 3.45. The minimum atomic E-state index is -0.185. The molecule has 0 spiro atoms. The van der Waals surface area contributed by atoms with Crippen LogP contribution in [0.3, 0.4) is 0 Å². The number of rotatable bonds is 10. The molecule has 1 heterocycles. The summed E-state index contributed by atoms with van der Waals surface area (Å²) < 4.78 is 11.0. The van der Waals surface area contributed by atoms with E-state index in [1.165, 1.54) is 0 Å². The Labute approximate surface area is 142 Å². The second-order valence-corrected chi connectivity index (χ2v) is 5.85. The van der Waals surface area contributed by atoms with Gasteiger partial charge in [0.2, 0.25) is 11.8 Å². The van der Waals surface area contributed by atoms with Crippen LogP contribution in [-0.4, -0.2) is 50.8 Å². The predicted molar refractivity (Wildman–Crippen MR) is 90.6 cm³/mol. The number of ether oxygens (including phenoxy) is 2. The molecule has 2 amide bonds. The van der Waals surface area contributed by atoms with Crippen LogP contribution in [0.2, 0.25) is 0 Å². The first kappa shape index (κ1) is 18.4. The van der Waals surface area contributed by atoms with Crippen molar-refractivity contribution in [1.29, 1.82) is 0 Å². The third kappa shape index (κ3) is 7.57. The van der Waals surface area contributed by atoms with Gasteiger partial charge in [0.05, 0.1) is 25.7 Å². The molecule has 1 aromatic carbocycles. The molecule has 6 heteroatoms. The largest absolute Gasteiger partial charge is 0.379 e. The van der Waals surface area contributed by atoms with Gasteiger partial charge in [-0.2, -0.15) is 0 Å². The molecule has 1 saturated heterocycles. The van der Waals surface area contributed by atoms with Crippen molar-refractivity contribution < 1.29 is 19.1 Å². The van der Waals surface area contributed by atoms with E-state index in [4.69, 9.17) is 9.47 Å². The van der Waals surface area contributed by atoms with Crippen LogP contribution in [0, 0.1) is 0 Å². The maximum absolute atomic E-state index is 11.7. The van der Waals surface area contributed by atoms with E-state index >= 15 is 0 Å². The van der Waals surface area contributed by atoms with Crippen LogP contribution in [0.4, 0.5) is 0 Å². The molecule has 6 nitrogen and oxygen atoms in total. The molecule has 2 rings (SSSR count). The molecule has 132 valence electrons. The summed E-state index contributed by atoms with van der Waals surface area (Å²) in [7, 11) is 0. The number of carbonyl (C=O) groups excluding carboxylic acids is 2. The average molecular weight is 334 g/mol. The van der Waals surface area contributed by atoms with Gasteiger partial charge in [0, 0.05) is 19.8 Å². The molecule has 0 saturated carbocycles. The lowest BCUT2D eigenvalue weighted by atomic mass is 10.1. The number of carbonyl (C=O) groups is 2. The summed E-state index contributed by atoms with van der Waals surface area (Å²) in [5, 5.41) is 5.39. The van der Waals surface area contributed by atoms with Gasteiger partial charge in [-0.05, 0) is 24.8 Å². The van der Waals surface area contributed by atoms with Crippen LogP contribution < -0.4 is 10.6 Å². The Morgan fingerprint density at radius 2 is 2.00 bits per heavy atom. The third-order valence-electron chi connectivity index (χ3n) is 3.77. The molecule has 1 fully saturated rings. The Kier molecular flexibility index (Phi) is 8.27. The number of hydrogen-bond acceptors (Lipinski definition) is 4. The monoisotopic (exact) mass is 334 g/mol. The van der Waals surface area contributed by atoms with Gasteiger partial charge in [-0.15, -0.1) is 0 Å². The Bertz CT molecular complexity index is 501. The van der Waals surface area contributed by atoms with Crippen LogP contribution in [0.15, 0.2) is 30.3 Å². The van der Waals surface area contributed by atoms with Crippen molar-refractivity contribution in [3.05, 3.63) is 35.9 Å². The summed E-state index contributed by atoms with van der Waals surface area (Å²) >= 11 is 0. The molecule has 24 heavy (non-hydrogen) atoms. The SMILES string of the molecule is O=C(CNC(=O)Cc1ccccc1)NCCCOCC1CCCO1. The molecule has 2 N–H and O–H groups in total. The van der Waals surface area contributed by atoms with Gasteiger partial charge in [-0.3, -0.25) is 9.59 Å².